The van der Waals surface area contributed by atoms with E-state index in [-0.39, 0.29) is 5.97 Å². The molecule has 0 unspecified atom stereocenters. The number of carbonyl (C=O) groups is 1. The molecule has 0 radical (unpaired) electrons. The van der Waals surface area contributed by atoms with Crippen LogP contribution in [-0.4, -0.2) is 36.1 Å². The first kappa shape index (κ1) is 12.5. The van der Waals surface area contributed by atoms with Crippen molar-refractivity contribution in [2.24, 2.45) is 0 Å². The molecule has 88 valence electrons. The van der Waals surface area contributed by atoms with Crippen molar-refractivity contribution in [1.29, 1.82) is 0 Å². The number of methoxy groups -OCH3 is 1. The first-order valence-electron chi connectivity index (χ1n) is 5.91. The van der Waals surface area contributed by atoms with Crippen LogP contribution in [0.4, 0.5) is 0 Å². The van der Waals surface area contributed by atoms with Crippen molar-refractivity contribution in [1.82, 2.24) is 4.90 Å². The number of hydrogen-bond acceptors (Lipinski definition) is 3. The molecule has 0 saturated carbocycles. The van der Waals surface area contributed by atoms with E-state index >= 15 is 0 Å². The summed E-state index contributed by atoms with van der Waals surface area (Å²) in [6.07, 6.45) is 4.46. The summed E-state index contributed by atoms with van der Waals surface area (Å²) in [7, 11) is 1.48. The van der Waals surface area contributed by atoms with E-state index in [1.807, 2.05) is 6.92 Å². The van der Waals surface area contributed by atoms with Crippen LogP contribution in [0.3, 0.4) is 0 Å². The van der Waals surface area contributed by atoms with Gasteiger partial charge in [-0.05, 0) is 39.7 Å². The Morgan fingerprint density at radius 2 is 2.20 bits per heavy atom. The average molecular weight is 213 g/mol. The van der Waals surface area contributed by atoms with Gasteiger partial charge in [-0.25, -0.2) is 0 Å². The van der Waals surface area contributed by atoms with Gasteiger partial charge in [0.2, 0.25) is 0 Å². The van der Waals surface area contributed by atoms with E-state index in [1.165, 1.54) is 26.4 Å². The van der Waals surface area contributed by atoms with Crippen molar-refractivity contribution < 1.29 is 9.53 Å². The second-order valence-electron chi connectivity index (χ2n) is 4.66. The maximum Gasteiger partial charge on any atom is 0.325 e. The smallest absolute Gasteiger partial charge is 0.325 e. The van der Waals surface area contributed by atoms with Crippen molar-refractivity contribution in [2.75, 3.05) is 13.7 Å². The summed E-state index contributed by atoms with van der Waals surface area (Å²) in [4.78, 5) is 14.2. The zero-order chi connectivity index (χ0) is 11.5. The van der Waals surface area contributed by atoms with Crippen LogP contribution >= 0.6 is 0 Å². The largest absolute Gasteiger partial charge is 0.468 e. The highest BCUT2D eigenvalue weighted by molar-refractivity contribution is 5.80. The highest BCUT2D eigenvalue weighted by Crippen LogP contribution is 2.29. The van der Waals surface area contributed by atoms with E-state index in [0.717, 1.165) is 13.0 Å². The van der Waals surface area contributed by atoms with Crippen LogP contribution in [0.1, 0.15) is 46.5 Å². The molecular formula is C12H23NO2. The van der Waals surface area contributed by atoms with Crippen LogP contribution in [0.15, 0.2) is 0 Å². The molecule has 3 heteroatoms. The van der Waals surface area contributed by atoms with E-state index in [9.17, 15) is 4.79 Å². The first-order valence-corrected chi connectivity index (χ1v) is 5.91. The molecule has 0 N–H and O–H groups in total. The van der Waals surface area contributed by atoms with Crippen molar-refractivity contribution in [3.05, 3.63) is 0 Å². The summed E-state index contributed by atoms with van der Waals surface area (Å²) in [5.74, 6) is -0.0984. The summed E-state index contributed by atoms with van der Waals surface area (Å²) in [5, 5.41) is 0. The Balaban J connectivity index is 2.83. The number of rotatable bonds is 3. The third-order valence-corrected chi connectivity index (χ3v) is 3.75. The second-order valence-corrected chi connectivity index (χ2v) is 4.66. The SMILES string of the molecule is CC[C@@](C)(C(=O)OC)N1CCCC[C@@H]1C. The number of nitrogens with zero attached hydrogens (tertiary/aromatic N) is 1. The Labute approximate surface area is 92.8 Å². The molecule has 1 saturated heterocycles. The lowest BCUT2D eigenvalue weighted by atomic mass is 9.90. The minimum Gasteiger partial charge on any atom is -0.468 e. The third kappa shape index (κ3) is 2.33. The molecule has 0 aromatic carbocycles. The molecule has 1 fully saturated rings. The maximum absolute atomic E-state index is 11.8. The van der Waals surface area contributed by atoms with E-state index in [0.29, 0.717) is 6.04 Å². The van der Waals surface area contributed by atoms with Crippen LogP contribution in [0.25, 0.3) is 0 Å². The molecule has 3 nitrogen and oxygen atoms in total. The lowest BCUT2D eigenvalue weighted by Gasteiger charge is -2.44. The topological polar surface area (TPSA) is 29.5 Å². The molecule has 0 aromatic heterocycles. The van der Waals surface area contributed by atoms with Crippen molar-refractivity contribution in [2.45, 2.75) is 58.0 Å². The molecule has 0 spiro atoms. The summed E-state index contributed by atoms with van der Waals surface area (Å²) in [5.41, 5.74) is -0.436. The number of likely N-dealkylation sites (tertiary alicyclic amines) is 1. The second kappa shape index (κ2) is 4.97. The minimum atomic E-state index is -0.436. The van der Waals surface area contributed by atoms with Gasteiger partial charge in [-0.15, -0.1) is 0 Å². The number of ether oxygens (including phenoxy) is 1. The molecule has 1 aliphatic heterocycles. The van der Waals surface area contributed by atoms with Crippen molar-refractivity contribution >= 4 is 5.97 Å². The molecule has 0 amide bonds. The molecule has 0 bridgehead atoms. The van der Waals surface area contributed by atoms with Gasteiger partial charge >= 0.3 is 5.97 Å². The predicted molar refractivity (Wildman–Crippen MR) is 60.7 cm³/mol. The molecular weight excluding hydrogens is 190 g/mol. The van der Waals surface area contributed by atoms with Crippen LogP contribution in [-0.2, 0) is 9.53 Å². The molecule has 2 atom stereocenters. The monoisotopic (exact) mass is 213 g/mol. The summed E-state index contributed by atoms with van der Waals surface area (Å²) >= 11 is 0. The Morgan fingerprint density at radius 3 is 2.67 bits per heavy atom. The number of esters is 1. The fourth-order valence-corrected chi connectivity index (χ4v) is 2.52. The van der Waals surface area contributed by atoms with E-state index in [2.05, 4.69) is 18.7 Å². The van der Waals surface area contributed by atoms with Gasteiger partial charge in [-0.1, -0.05) is 13.3 Å². The summed E-state index contributed by atoms with van der Waals surface area (Å²) < 4.78 is 4.93. The van der Waals surface area contributed by atoms with Gasteiger partial charge in [0, 0.05) is 6.04 Å². The Hall–Kier alpha value is -0.570. The molecule has 15 heavy (non-hydrogen) atoms. The maximum atomic E-state index is 11.8. The lowest BCUT2D eigenvalue weighted by Crippen LogP contribution is -2.57. The molecule has 0 aliphatic carbocycles. The van der Waals surface area contributed by atoms with Crippen molar-refractivity contribution in [3.63, 3.8) is 0 Å². The first-order chi connectivity index (χ1) is 7.06. The van der Waals surface area contributed by atoms with Gasteiger partial charge < -0.3 is 4.74 Å². The predicted octanol–water partition coefficient (Wildman–Crippen LogP) is 2.20. The zero-order valence-corrected chi connectivity index (χ0v) is 10.4. The fraction of sp³-hybridized carbons (Fsp3) is 0.917. The minimum absolute atomic E-state index is 0.0984. The Bertz CT molecular complexity index is 230. The quantitative estimate of drug-likeness (QED) is 0.673. The van der Waals surface area contributed by atoms with Gasteiger partial charge in [0.15, 0.2) is 0 Å². The van der Waals surface area contributed by atoms with E-state index in [1.54, 1.807) is 0 Å². The molecule has 1 heterocycles. The van der Waals surface area contributed by atoms with Crippen LogP contribution in [0.2, 0.25) is 0 Å². The number of hydrogen-bond donors (Lipinski definition) is 0. The normalized spacial score (nSPS) is 27.1. The van der Waals surface area contributed by atoms with Gasteiger partial charge in [-0.3, -0.25) is 9.69 Å². The van der Waals surface area contributed by atoms with E-state index in [4.69, 9.17) is 4.74 Å². The third-order valence-electron chi connectivity index (χ3n) is 3.75. The molecule has 1 rings (SSSR count). The fourth-order valence-electron chi connectivity index (χ4n) is 2.52. The van der Waals surface area contributed by atoms with Crippen molar-refractivity contribution in [3.8, 4) is 0 Å². The van der Waals surface area contributed by atoms with Gasteiger partial charge in [0.25, 0.3) is 0 Å². The number of carbonyl (C=O) groups excluding carboxylic acids is 1. The van der Waals surface area contributed by atoms with Crippen LogP contribution < -0.4 is 0 Å². The van der Waals surface area contributed by atoms with Gasteiger partial charge in [0.1, 0.15) is 5.54 Å². The van der Waals surface area contributed by atoms with Crippen LogP contribution in [0, 0.1) is 0 Å². The van der Waals surface area contributed by atoms with Gasteiger partial charge in [-0.2, -0.15) is 0 Å². The lowest BCUT2D eigenvalue weighted by molar-refractivity contribution is -0.157. The number of piperidine rings is 1. The van der Waals surface area contributed by atoms with Crippen LogP contribution in [0.5, 0.6) is 0 Å². The zero-order valence-electron chi connectivity index (χ0n) is 10.4. The Kier molecular flexibility index (Phi) is 4.14. The summed E-state index contributed by atoms with van der Waals surface area (Å²) in [6, 6.07) is 0.489. The molecule has 1 aliphatic rings. The molecule has 0 aromatic rings. The highest BCUT2D eigenvalue weighted by atomic mass is 16.5. The Morgan fingerprint density at radius 1 is 1.53 bits per heavy atom. The average Bonchev–Trinajstić information content (AvgIpc) is 2.27. The van der Waals surface area contributed by atoms with E-state index < -0.39 is 5.54 Å². The van der Waals surface area contributed by atoms with Gasteiger partial charge in [0.05, 0.1) is 7.11 Å². The summed E-state index contributed by atoms with van der Waals surface area (Å²) in [6.45, 7) is 7.27. The highest BCUT2D eigenvalue weighted by Gasteiger charge is 2.41. The standard InChI is InChI=1S/C12H23NO2/c1-5-12(3,11(14)15-4)13-9-7-6-8-10(13)2/h10H,5-9H2,1-4H3/t10-,12-/m0/s1.